The second kappa shape index (κ2) is 7.28. The van der Waals surface area contributed by atoms with Crippen LogP contribution in [0.25, 0.3) is 0 Å². The van der Waals surface area contributed by atoms with Gasteiger partial charge in [0.25, 0.3) is 0 Å². The maximum absolute atomic E-state index is 12.2. The molecule has 18 heavy (non-hydrogen) atoms. The van der Waals surface area contributed by atoms with E-state index in [1.165, 1.54) is 51.4 Å². The van der Waals surface area contributed by atoms with Crippen LogP contribution in [0.3, 0.4) is 0 Å². The summed E-state index contributed by atoms with van der Waals surface area (Å²) in [4.78, 5) is 0. The smallest absolute Gasteiger partial charge is 0.0829 e. The summed E-state index contributed by atoms with van der Waals surface area (Å²) in [5, 5.41) is 0. The van der Waals surface area contributed by atoms with Crippen molar-refractivity contribution in [2.75, 3.05) is 13.7 Å². The van der Waals surface area contributed by atoms with Gasteiger partial charge in [-0.1, -0.05) is 6.08 Å². The fourth-order valence-electron chi connectivity index (χ4n) is 3.97. The lowest BCUT2D eigenvalue weighted by atomic mass is 9.69. The molecule has 0 aliphatic heterocycles. The van der Waals surface area contributed by atoms with Gasteiger partial charge in [0.1, 0.15) is 0 Å². The van der Waals surface area contributed by atoms with Crippen LogP contribution in [0.15, 0.2) is 12.4 Å². The lowest BCUT2D eigenvalue weighted by molar-refractivity contribution is 0.0957. The minimum atomic E-state index is 0.510. The molecular formula is C16H27FO. The van der Waals surface area contributed by atoms with Crippen molar-refractivity contribution in [1.29, 1.82) is 0 Å². The van der Waals surface area contributed by atoms with Crippen LogP contribution in [-0.4, -0.2) is 13.7 Å². The van der Waals surface area contributed by atoms with Crippen molar-refractivity contribution < 1.29 is 9.13 Å². The standard InChI is InChI=1S/C16H27FO/c1-18-12-14-4-8-16(9-5-14)15-6-2-13(3-7-15)10-11-17/h10-11,13-16H,2-9,12H2,1H3/b11-10+. The Morgan fingerprint density at radius 2 is 1.50 bits per heavy atom. The molecule has 0 aromatic carbocycles. The van der Waals surface area contributed by atoms with Crippen molar-refractivity contribution in [3.05, 3.63) is 12.4 Å². The van der Waals surface area contributed by atoms with Gasteiger partial charge in [-0.25, -0.2) is 4.39 Å². The molecule has 2 rings (SSSR count). The van der Waals surface area contributed by atoms with E-state index in [0.29, 0.717) is 5.92 Å². The number of methoxy groups -OCH3 is 1. The molecule has 0 aromatic heterocycles. The molecular weight excluding hydrogens is 227 g/mol. The Morgan fingerprint density at radius 3 is 2.00 bits per heavy atom. The Hall–Kier alpha value is -0.370. The highest BCUT2D eigenvalue weighted by molar-refractivity contribution is 4.89. The summed E-state index contributed by atoms with van der Waals surface area (Å²) in [6.45, 7) is 0.945. The third-order valence-corrected chi connectivity index (χ3v) is 5.12. The molecule has 0 atom stereocenters. The lowest BCUT2D eigenvalue weighted by Gasteiger charge is -2.37. The van der Waals surface area contributed by atoms with Crippen molar-refractivity contribution in [2.24, 2.45) is 23.7 Å². The summed E-state index contributed by atoms with van der Waals surface area (Å²) < 4.78 is 17.4. The number of rotatable bonds is 4. The van der Waals surface area contributed by atoms with E-state index in [0.717, 1.165) is 30.7 Å². The molecule has 2 saturated carbocycles. The summed E-state index contributed by atoms with van der Waals surface area (Å²) >= 11 is 0. The first-order valence-corrected chi connectivity index (χ1v) is 7.59. The molecule has 0 N–H and O–H groups in total. The minimum absolute atomic E-state index is 0.510. The van der Waals surface area contributed by atoms with Gasteiger partial charge in [-0.3, -0.25) is 0 Å². The monoisotopic (exact) mass is 254 g/mol. The Kier molecular flexibility index (Phi) is 5.68. The number of halogens is 1. The maximum Gasteiger partial charge on any atom is 0.0829 e. The van der Waals surface area contributed by atoms with E-state index in [9.17, 15) is 4.39 Å². The second-order valence-electron chi connectivity index (χ2n) is 6.23. The fraction of sp³-hybridized carbons (Fsp3) is 0.875. The molecule has 2 fully saturated rings. The van der Waals surface area contributed by atoms with Gasteiger partial charge in [0.05, 0.1) is 6.33 Å². The van der Waals surface area contributed by atoms with E-state index in [1.54, 1.807) is 6.08 Å². The summed E-state index contributed by atoms with van der Waals surface area (Å²) in [7, 11) is 1.81. The van der Waals surface area contributed by atoms with Crippen LogP contribution < -0.4 is 0 Å². The predicted molar refractivity (Wildman–Crippen MR) is 73.0 cm³/mol. The third-order valence-electron chi connectivity index (χ3n) is 5.12. The molecule has 0 unspecified atom stereocenters. The van der Waals surface area contributed by atoms with Crippen LogP contribution in [0.1, 0.15) is 51.4 Å². The highest BCUT2D eigenvalue weighted by Crippen LogP contribution is 2.41. The Labute approximate surface area is 111 Å². The molecule has 2 aliphatic carbocycles. The predicted octanol–water partition coefficient (Wildman–Crippen LogP) is 4.73. The number of hydrogen-bond donors (Lipinski definition) is 0. The van der Waals surface area contributed by atoms with Crippen molar-refractivity contribution in [3.8, 4) is 0 Å². The van der Waals surface area contributed by atoms with Crippen LogP contribution in [-0.2, 0) is 4.74 Å². The first-order valence-electron chi connectivity index (χ1n) is 7.59. The summed E-state index contributed by atoms with van der Waals surface area (Å²) in [5.74, 6) is 3.17. The van der Waals surface area contributed by atoms with Crippen molar-refractivity contribution in [3.63, 3.8) is 0 Å². The van der Waals surface area contributed by atoms with Gasteiger partial charge in [0, 0.05) is 13.7 Å². The molecule has 0 aromatic rings. The third kappa shape index (κ3) is 3.81. The van der Waals surface area contributed by atoms with Gasteiger partial charge in [-0.15, -0.1) is 0 Å². The van der Waals surface area contributed by atoms with E-state index in [-0.39, 0.29) is 0 Å². The van der Waals surface area contributed by atoms with Gasteiger partial charge < -0.3 is 4.74 Å². The molecule has 2 heteroatoms. The van der Waals surface area contributed by atoms with Crippen molar-refractivity contribution in [1.82, 2.24) is 0 Å². The molecule has 0 saturated heterocycles. The van der Waals surface area contributed by atoms with Crippen molar-refractivity contribution >= 4 is 0 Å². The lowest BCUT2D eigenvalue weighted by Crippen LogP contribution is -2.26. The quantitative estimate of drug-likeness (QED) is 0.704. The first-order chi connectivity index (χ1) is 8.83. The fourth-order valence-corrected chi connectivity index (χ4v) is 3.97. The Balaban J connectivity index is 1.71. The zero-order chi connectivity index (χ0) is 12.8. The van der Waals surface area contributed by atoms with Gasteiger partial charge in [-0.2, -0.15) is 0 Å². The van der Waals surface area contributed by atoms with Crippen molar-refractivity contribution in [2.45, 2.75) is 51.4 Å². The highest BCUT2D eigenvalue weighted by atomic mass is 19.1. The normalized spacial score (nSPS) is 38.1. The van der Waals surface area contributed by atoms with E-state index in [2.05, 4.69) is 0 Å². The van der Waals surface area contributed by atoms with Crippen LogP contribution >= 0.6 is 0 Å². The Bertz CT molecular complexity index is 248. The molecule has 0 bridgehead atoms. The largest absolute Gasteiger partial charge is 0.384 e. The summed E-state index contributed by atoms with van der Waals surface area (Å²) in [5.41, 5.74) is 0. The highest BCUT2D eigenvalue weighted by Gasteiger charge is 2.30. The number of hydrogen-bond acceptors (Lipinski definition) is 1. The summed E-state index contributed by atoms with van der Waals surface area (Å²) in [6.07, 6.45) is 13.0. The topological polar surface area (TPSA) is 9.23 Å². The van der Waals surface area contributed by atoms with Gasteiger partial charge in [-0.05, 0) is 75.0 Å². The SMILES string of the molecule is COCC1CCC(C2CCC(/C=C/F)CC2)CC1. The number of ether oxygens (including phenoxy) is 1. The molecule has 0 amide bonds. The molecule has 0 radical (unpaired) electrons. The van der Waals surface area contributed by atoms with E-state index >= 15 is 0 Å². The molecule has 0 spiro atoms. The van der Waals surface area contributed by atoms with Crippen LogP contribution in [0.4, 0.5) is 4.39 Å². The second-order valence-corrected chi connectivity index (χ2v) is 6.23. The zero-order valence-electron chi connectivity index (χ0n) is 11.6. The molecule has 0 heterocycles. The Morgan fingerprint density at radius 1 is 0.944 bits per heavy atom. The molecule has 2 aliphatic rings. The van der Waals surface area contributed by atoms with Gasteiger partial charge >= 0.3 is 0 Å². The average molecular weight is 254 g/mol. The van der Waals surface area contributed by atoms with E-state index < -0.39 is 0 Å². The first kappa shape index (κ1) is 14.0. The van der Waals surface area contributed by atoms with Gasteiger partial charge in [0.15, 0.2) is 0 Å². The van der Waals surface area contributed by atoms with Crippen LogP contribution in [0, 0.1) is 23.7 Å². The van der Waals surface area contributed by atoms with E-state index in [4.69, 9.17) is 4.74 Å². The summed E-state index contributed by atoms with van der Waals surface area (Å²) in [6, 6.07) is 0. The number of allylic oxidation sites excluding steroid dienone is 1. The molecule has 104 valence electrons. The average Bonchev–Trinajstić information content (AvgIpc) is 2.41. The maximum atomic E-state index is 12.2. The molecule has 1 nitrogen and oxygen atoms in total. The van der Waals surface area contributed by atoms with Gasteiger partial charge in [0.2, 0.25) is 0 Å². The van der Waals surface area contributed by atoms with Crippen LogP contribution in [0.2, 0.25) is 0 Å². The van der Waals surface area contributed by atoms with Crippen LogP contribution in [0.5, 0.6) is 0 Å². The minimum Gasteiger partial charge on any atom is -0.384 e. The zero-order valence-corrected chi connectivity index (χ0v) is 11.6. The van der Waals surface area contributed by atoms with E-state index in [1.807, 2.05) is 7.11 Å².